The van der Waals surface area contributed by atoms with Crippen molar-refractivity contribution < 1.29 is 9.59 Å². The number of carbonyl (C=O) groups excluding carboxylic acids is 2. The lowest BCUT2D eigenvalue weighted by Crippen LogP contribution is -2.42. The lowest BCUT2D eigenvalue weighted by Gasteiger charge is -2.21. The van der Waals surface area contributed by atoms with E-state index in [0.717, 1.165) is 23.6 Å². The maximum absolute atomic E-state index is 12.4. The van der Waals surface area contributed by atoms with Crippen molar-refractivity contribution in [2.45, 2.75) is 19.0 Å². The molecule has 5 nitrogen and oxygen atoms in total. The molecule has 0 unspecified atom stereocenters. The summed E-state index contributed by atoms with van der Waals surface area (Å²) < 4.78 is 0. The van der Waals surface area contributed by atoms with E-state index in [-0.39, 0.29) is 24.5 Å². The minimum absolute atomic E-state index is 0.0198. The molecule has 3 rings (SSSR count). The second kappa shape index (κ2) is 6.60. The first-order valence-corrected chi connectivity index (χ1v) is 7.72. The van der Waals surface area contributed by atoms with Crippen LogP contribution in [0.5, 0.6) is 0 Å². The topological polar surface area (TPSA) is 61.8 Å². The summed E-state index contributed by atoms with van der Waals surface area (Å²) in [5, 5.41) is 4.60. The number of nitrogens with zero attached hydrogens (tertiary/aromatic N) is 2. The zero-order chi connectivity index (χ0) is 16.2. The number of hydrogen-bond acceptors (Lipinski definition) is 3. The Morgan fingerprint density at radius 1 is 1.22 bits per heavy atom. The van der Waals surface area contributed by atoms with Crippen molar-refractivity contribution in [1.29, 1.82) is 0 Å². The number of likely N-dealkylation sites (tertiary alicyclic amines) is 1. The lowest BCUT2D eigenvalue weighted by atomic mass is 10.0. The molecule has 0 saturated carbocycles. The summed E-state index contributed by atoms with van der Waals surface area (Å²) in [5.74, 6) is -0.356. The molecule has 0 aliphatic carbocycles. The first-order chi connectivity index (χ1) is 11.2. The molecule has 118 valence electrons. The van der Waals surface area contributed by atoms with E-state index in [1.165, 1.54) is 0 Å². The number of hydrogen-bond donors (Lipinski definition) is 1. The molecule has 2 amide bonds. The van der Waals surface area contributed by atoms with E-state index in [1.54, 1.807) is 11.0 Å². The minimum atomic E-state index is -0.238. The largest absolute Gasteiger partial charge is 0.343 e. The number of aliphatic imine (C=N–C) groups is 1. The fourth-order valence-electron chi connectivity index (χ4n) is 3.01. The van der Waals surface area contributed by atoms with Gasteiger partial charge in [-0.1, -0.05) is 36.4 Å². The predicted octanol–water partition coefficient (Wildman–Crippen LogP) is 2.22. The molecule has 0 aromatic heterocycles. The van der Waals surface area contributed by atoms with Gasteiger partial charge in [0.15, 0.2) is 0 Å². The fourth-order valence-corrected chi connectivity index (χ4v) is 3.01. The molecule has 1 fully saturated rings. The summed E-state index contributed by atoms with van der Waals surface area (Å²) in [5.41, 5.74) is 0.579. The Morgan fingerprint density at radius 2 is 2.00 bits per heavy atom. The van der Waals surface area contributed by atoms with Gasteiger partial charge in [0, 0.05) is 12.1 Å². The molecule has 1 heterocycles. The number of nitrogens with one attached hydrogen (secondary N) is 1. The van der Waals surface area contributed by atoms with Gasteiger partial charge in [-0.2, -0.15) is 0 Å². The van der Waals surface area contributed by atoms with E-state index in [0.29, 0.717) is 12.1 Å². The highest BCUT2D eigenvalue weighted by molar-refractivity contribution is 6.07. The predicted molar refractivity (Wildman–Crippen MR) is 90.6 cm³/mol. The van der Waals surface area contributed by atoms with Crippen LogP contribution in [0.1, 0.15) is 23.2 Å². The van der Waals surface area contributed by atoms with Crippen LogP contribution in [-0.2, 0) is 4.79 Å². The fraction of sp³-hybridized carbons (Fsp3) is 0.278. The number of carbonyl (C=O) groups is 2. The third-order valence-corrected chi connectivity index (χ3v) is 4.19. The van der Waals surface area contributed by atoms with E-state index in [2.05, 4.69) is 17.0 Å². The number of benzene rings is 2. The van der Waals surface area contributed by atoms with E-state index in [4.69, 9.17) is 0 Å². The van der Waals surface area contributed by atoms with Crippen LogP contribution in [0, 0.1) is 0 Å². The summed E-state index contributed by atoms with van der Waals surface area (Å²) in [6.07, 6.45) is 1.61. The molecule has 1 saturated heterocycles. The Labute approximate surface area is 135 Å². The van der Waals surface area contributed by atoms with E-state index < -0.39 is 0 Å². The van der Waals surface area contributed by atoms with Crippen molar-refractivity contribution in [3.8, 4) is 0 Å². The molecule has 1 aliphatic heterocycles. The lowest BCUT2D eigenvalue weighted by molar-refractivity contribution is -0.130. The van der Waals surface area contributed by atoms with Crippen molar-refractivity contribution in [3.05, 3.63) is 48.0 Å². The third-order valence-electron chi connectivity index (χ3n) is 4.19. The smallest absolute Gasteiger partial charge is 0.252 e. The van der Waals surface area contributed by atoms with Crippen LogP contribution < -0.4 is 5.32 Å². The Hall–Kier alpha value is -2.69. The summed E-state index contributed by atoms with van der Waals surface area (Å²) in [6, 6.07) is 13.3. The third kappa shape index (κ3) is 3.08. The molecule has 1 N–H and O–H groups in total. The SMILES string of the molecule is C=N[C@@H]1CCCN1C(=O)CNC(=O)c1cccc2ccccc12. The average Bonchev–Trinajstić information content (AvgIpc) is 3.07. The summed E-state index contributed by atoms with van der Waals surface area (Å²) in [6.45, 7) is 4.17. The second-order valence-corrected chi connectivity index (χ2v) is 5.60. The van der Waals surface area contributed by atoms with Gasteiger partial charge in [0.25, 0.3) is 5.91 Å². The molecule has 23 heavy (non-hydrogen) atoms. The maximum atomic E-state index is 12.4. The van der Waals surface area contributed by atoms with Gasteiger partial charge in [0.2, 0.25) is 5.91 Å². The molecule has 2 aromatic carbocycles. The molecular formula is C18H19N3O2. The van der Waals surface area contributed by atoms with Gasteiger partial charge in [-0.3, -0.25) is 14.6 Å². The van der Waals surface area contributed by atoms with Gasteiger partial charge in [0.05, 0.1) is 6.54 Å². The summed E-state index contributed by atoms with van der Waals surface area (Å²) in [7, 11) is 0. The first kappa shape index (κ1) is 15.2. The van der Waals surface area contributed by atoms with E-state index in [1.807, 2.05) is 36.4 Å². The van der Waals surface area contributed by atoms with E-state index in [9.17, 15) is 9.59 Å². The van der Waals surface area contributed by atoms with Crippen LogP contribution in [0.4, 0.5) is 0 Å². The van der Waals surface area contributed by atoms with Gasteiger partial charge in [-0.05, 0) is 36.4 Å². The highest BCUT2D eigenvalue weighted by atomic mass is 16.2. The Bertz CT molecular complexity index is 752. The molecule has 1 atom stereocenters. The average molecular weight is 309 g/mol. The van der Waals surface area contributed by atoms with Crippen LogP contribution in [0.15, 0.2) is 47.5 Å². The van der Waals surface area contributed by atoms with Gasteiger partial charge < -0.3 is 10.2 Å². The Balaban J connectivity index is 1.69. The number of amides is 2. The monoisotopic (exact) mass is 309 g/mol. The van der Waals surface area contributed by atoms with E-state index >= 15 is 0 Å². The number of rotatable bonds is 4. The molecule has 1 aliphatic rings. The zero-order valence-electron chi connectivity index (χ0n) is 12.9. The highest BCUT2D eigenvalue weighted by Gasteiger charge is 2.27. The Kier molecular flexibility index (Phi) is 4.37. The van der Waals surface area contributed by atoms with Gasteiger partial charge in [-0.15, -0.1) is 0 Å². The molecule has 5 heteroatoms. The second-order valence-electron chi connectivity index (χ2n) is 5.60. The number of fused-ring (bicyclic) bond motifs is 1. The Morgan fingerprint density at radius 3 is 2.83 bits per heavy atom. The van der Waals surface area contributed by atoms with Crippen molar-refractivity contribution in [2.75, 3.05) is 13.1 Å². The van der Waals surface area contributed by atoms with Crippen molar-refractivity contribution in [2.24, 2.45) is 4.99 Å². The quantitative estimate of drug-likeness (QED) is 0.880. The first-order valence-electron chi connectivity index (χ1n) is 7.72. The standard InChI is InChI=1S/C18H19N3O2/c1-19-16-10-5-11-21(16)17(22)12-20-18(23)15-9-4-7-13-6-2-3-8-14(13)15/h2-4,6-9,16H,1,5,10-12H2,(H,20,23)/t16-/m0/s1. The summed E-state index contributed by atoms with van der Waals surface area (Å²) in [4.78, 5) is 30.3. The van der Waals surface area contributed by atoms with Gasteiger partial charge in [-0.25, -0.2) is 0 Å². The maximum Gasteiger partial charge on any atom is 0.252 e. The highest BCUT2D eigenvalue weighted by Crippen LogP contribution is 2.19. The zero-order valence-corrected chi connectivity index (χ0v) is 12.9. The van der Waals surface area contributed by atoms with Crippen LogP contribution in [0.25, 0.3) is 10.8 Å². The molecule has 2 aromatic rings. The van der Waals surface area contributed by atoms with Crippen LogP contribution in [-0.4, -0.2) is 42.7 Å². The van der Waals surface area contributed by atoms with Gasteiger partial charge in [0.1, 0.15) is 6.17 Å². The molecule has 0 radical (unpaired) electrons. The molecule has 0 bridgehead atoms. The molecule has 0 spiro atoms. The molecular weight excluding hydrogens is 290 g/mol. The van der Waals surface area contributed by atoms with Gasteiger partial charge >= 0.3 is 0 Å². The minimum Gasteiger partial charge on any atom is -0.343 e. The van der Waals surface area contributed by atoms with Crippen molar-refractivity contribution in [3.63, 3.8) is 0 Å². The summed E-state index contributed by atoms with van der Waals surface area (Å²) >= 11 is 0. The normalized spacial score (nSPS) is 17.2. The van der Waals surface area contributed by atoms with Crippen LogP contribution in [0.2, 0.25) is 0 Å². The van der Waals surface area contributed by atoms with Crippen LogP contribution >= 0.6 is 0 Å². The van der Waals surface area contributed by atoms with Crippen molar-refractivity contribution in [1.82, 2.24) is 10.2 Å². The van der Waals surface area contributed by atoms with Crippen LogP contribution in [0.3, 0.4) is 0 Å². The van der Waals surface area contributed by atoms with Crippen molar-refractivity contribution >= 4 is 29.3 Å².